The van der Waals surface area contributed by atoms with E-state index in [0.29, 0.717) is 36.6 Å². The van der Waals surface area contributed by atoms with E-state index in [4.69, 9.17) is 9.72 Å². The van der Waals surface area contributed by atoms with Crippen molar-refractivity contribution in [3.05, 3.63) is 53.6 Å². The number of carbonyl (C=O) groups is 1. The Kier molecular flexibility index (Phi) is 6.68. The van der Waals surface area contributed by atoms with E-state index >= 15 is 0 Å². The zero-order valence-electron chi connectivity index (χ0n) is 19.9. The molecule has 1 saturated heterocycles. The molecule has 1 fully saturated rings. The van der Waals surface area contributed by atoms with Gasteiger partial charge in [-0.05, 0) is 36.5 Å². The first-order chi connectivity index (χ1) is 16.1. The van der Waals surface area contributed by atoms with Crippen LogP contribution in [-0.4, -0.2) is 41.8 Å². The second kappa shape index (κ2) is 9.52. The van der Waals surface area contributed by atoms with Gasteiger partial charge in [0.1, 0.15) is 5.82 Å². The molecule has 3 aromatic rings. The summed E-state index contributed by atoms with van der Waals surface area (Å²) in [4.78, 5) is 23.7. The van der Waals surface area contributed by atoms with Crippen LogP contribution in [0.25, 0.3) is 22.3 Å². The van der Waals surface area contributed by atoms with E-state index in [1.165, 1.54) is 6.07 Å². The van der Waals surface area contributed by atoms with Crippen molar-refractivity contribution in [2.24, 2.45) is 5.41 Å². The minimum Gasteiger partial charge on any atom is -0.449 e. The number of hydrogen-bond donors (Lipinski definition) is 1. The van der Waals surface area contributed by atoms with Gasteiger partial charge in [0.25, 0.3) is 6.43 Å². The number of amides is 1. The molecular formula is C26H30F2N4O2. The second-order valence-electron chi connectivity index (χ2n) is 9.99. The third-order valence-corrected chi connectivity index (χ3v) is 5.72. The van der Waals surface area contributed by atoms with Gasteiger partial charge in [-0.2, -0.15) is 0 Å². The Morgan fingerprint density at radius 1 is 1.21 bits per heavy atom. The van der Waals surface area contributed by atoms with E-state index in [0.717, 1.165) is 17.4 Å². The van der Waals surface area contributed by atoms with Crippen LogP contribution in [0.5, 0.6) is 0 Å². The lowest BCUT2D eigenvalue weighted by Crippen LogP contribution is -2.38. The van der Waals surface area contributed by atoms with Crippen molar-refractivity contribution in [2.45, 2.75) is 46.6 Å². The molecule has 180 valence electrons. The normalized spacial score (nSPS) is 16.3. The van der Waals surface area contributed by atoms with Crippen molar-refractivity contribution in [3.8, 4) is 11.4 Å². The highest BCUT2D eigenvalue weighted by atomic mass is 19.3. The number of rotatable bonds is 5. The number of carbonyl (C=O) groups excluding carboxylic acids is 1. The van der Waals surface area contributed by atoms with Crippen molar-refractivity contribution < 1.29 is 18.3 Å². The molecule has 1 atom stereocenters. The predicted octanol–water partition coefficient (Wildman–Crippen LogP) is 5.89. The van der Waals surface area contributed by atoms with E-state index in [2.05, 4.69) is 15.2 Å². The van der Waals surface area contributed by atoms with Gasteiger partial charge in [0.15, 0.2) is 5.82 Å². The Balaban J connectivity index is 1.63. The Bertz CT molecular complexity index is 1190. The largest absolute Gasteiger partial charge is 0.449 e. The van der Waals surface area contributed by atoms with Crippen LogP contribution in [0.2, 0.25) is 0 Å². The summed E-state index contributed by atoms with van der Waals surface area (Å²) in [6.07, 6.45) is -2.34. The van der Waals surface area contributed by atoms with Gasteiger partial charge in [-0.1, -0.05) is 51.1 Å². The van der Waals surface area contributed by atoms with E-state index in [9.17, 15) is 13.6 Å². The van der Waals surface area contributed by atoms with Gasteiger partial charge in [-0.25, -0.2) is 23.5 Å². The van der Waals surface area contributed by atoms with Crippen LogP contribution in [0.1, 0.15) is 44.7 Å². The summed E-state index contributed by atoms with van der Waals surface area (Å²) in [5, 5.41) is 3.78. The third-order valence-electron chi connectivity index (χ3n) is 5.72. The first-order valence-corrected chi connectivity index (χ1v) is 11.4. The Morgan fingerprint density at radius 2 is 1.97 bits per heavy atom. The summed E-state index contributed by atoms with van der Waals surface area (Å²) < 4.78 is 32.7. The smallest absolute Gasteiger partial charge is 0.407 e. The second-order valence-corrected chi connectivity index (χ2v) is 9.99. The molecule has 2 heterocycles. The van der Waals surface area contributed by atoms with Crippen molar-refractivity contribution in [2.75, 3.05) is 24.6 Å². The van der Waals surface area contributed by atoms with E-state index in [1.54, 1.807) is 18.2 Å². The standard InChI is InChI=1S/C26H30F2N4O2/c1-16-9-10-20-21(13-16)30-23(19-8-6-5-7-18(19)22(27)28)31-24(20)32-12-11-17(14-32)29-25(33)34-15-26(2,3)4/h5-10,13,17,22H,11-12,14-15H2,1-4H3,(H,29,33). The summed E-state index contributed by atoms with van der Waals surface area (Å²) in [6, 6.07) is 12.1. The number of benzene rings is 2. The number of nitrogens with one attached hydrogen (secondary N) is 1. The van der Waals surface area contributed by atoms with Crippen molar-refractivity contribution in [1.29, 1.82) is 0 Å². The summed E-state index contributed by atoms with van der Waals surface area (Å²) >= 11 is 0. The van der Waals surface area contributed by atoms with Gasteiger partial charge >= 0.3 is 6.09 Å². The average molecular weight is 469 g/mol. The molecule has 0 saturated carbocycles. The molecule has 1 amide bonds. The molecule has 0 aliphatic carbocycles. The number of halogens is 2. The van der Waals surface area contributed by atoms with Crippen molar-refractivity contribution in [3.63, 3.8) is 0 Å². The molecule has 34 heavy (non-hydrogen) atoms. The molecule has 2 aromatic carbocycles. The molecule has 1 aliphatic rings. The maximum atomic E-state index is 13.7. The Labute approximate surface area is 198 Å². The molecule has 1 N–H and O–H groups in total. The van der Waals surface area contributed by atoms with Crippen LogP contribution in [0.3, 0.4) is 0 Å². The lowest BCUT2D eigenvalue weighted by Gasteiger charge is -2.22. The molecule has 0 radical (unpaired) electrons. The quantitative estimate of drug-likeness (QED) is 0.505. The lowest BCUT2D eigenvalue weighted by molar-refractivity contribution is 0.104. The first kappa shape index (κ1) is 23.9. The van der Waals surface area contributed by atoms with Gasteiger partial charge in [-0.15, -0.1) is 0 Å². The summed E-state index contributed by atoms with van der Waals surface area (Å²) in [5.74, 6) is 0.946. The highest BCUT2D eigenvalue weighted by Crippen LogP contribution is 2.34. The van der Waals surface area contributed by atoms with Gasteiger partial charge in [0.05, 0.1) is 18.2 Å². The average Bonchev–Trinajstić information content (AvgIpc) is 3.24. The Morgan fingerprint density at radius 3 is 2.71 bits per heavy atom. The van der Waals surface area contributed by atoms with Gasteiger partial charge < -0.3 is 15.0 Å². The number of ether oxygens (including phenoxy) is 1. The van der Waals surface area contributed by atoms with Gasteiger partial charge in [0.2, 0.25) is 0 Å². The number of aryl methyl sites for hydroxylation is 1. The van der Waals surface area contributed by atoms with E-state index in [-0.39, 0.29) is 22.8 Å². The number of alkyl carbamates (subject to hydrolysis) is 1. The fourth-order valence-corrected chi connectivity index (χ4v) is 4.04. The van der Waals surface area contributed by atoms with Crippen LogP contribution in [0.15, 0.2) is 42.5 Å². The fraction of sp³-hybridized carbons (Fsp3) is 0.423. The lowest BCUT2D eigenvalue weighted by atomic mass is 9.99. The molecule has 0 bridgehead atoms. The maximum Gasteiger partial charge on any atom is 0.407 e. The van der Waals surface area contributed by atoms with E-state index < -0.39 is 12.5 Å². The summed E-state index contributed by atoms with van der Waals surface area (Å²) in [7, 11) is 0. The molecule has 8 heteroatoms. The van der Waals surface area contributed by atoms with Crippen molar-refractivity contribution >= 4 is 22.8 Å². The fourth-order valence-electron chi connectivity index (χ4n) is 4.04. The molecule has 6 nitrogen and oxygen atoms in total. The van der Waals surface area contributed by atoms with E-state index in [1.807, 2.05) is 45.9 Å². The van der Waals surface area contributed by atoms with Crippen LogP contribution >= 0.6 is 0 Å². The van der Waals surface area contributed by atoms with Crippen LogP contribution in [0.4, 0.5) is 19.4 Å². The monoisotopic (exact) mass is 468 g/mol. The highest BCUT2D eigenvalue weighted by Gasteiger charge is 2.28. The molecule has 4 rings (SSSR count). The molecule has 1 aromatic heterocycles. The van der Waals surface area contributed by atoms with Gasteiger partial charge in [0, 0.05) is 29.6 Å². The number of fused-ring (bicyclic) bond motifs is 1. The summed E-state index contributed by atoms with van der Waals surface area (Å²) in [5.41, 5.74) is 1.84. The first-order valence-electron chi connectivity index (χ1n) is 11.4. The molecule has 0 spiro atoms. The number of alkyl halides is 2. The predicted molar refractivity (Wildman–Crippen MR) is 129 cm³/mol. The number of aromatic nitrogens is 2. The number of hydrogen-bond acceptors (Lipinski definition) is 5. The topological polar surface area (TPSA) is 67.4 Å². The number of anilines is 1. The Hall–Kier alpha value is -3.29. The van der Waals surface area contributed by atoms with Gasteiger partial charge in [-0.3, -0.25) is 0 Å². The third kappa shape index (κ3) is 5.43. The van der Waals surface area contributed by atoms with Crippen LogP contribution < -0.4 is 10.2 Å². The molecule has 1 aliphatic heterocycles. The van der Waals surface area contributed by atoms with Crippen LogP contribution in [-0.2, 0) is 4.74 Å². The molecule has 1 unspecified atom stereocenters. The minimum absolute atomic E-state index is 0.0944. The SMILES string of the molecule is Cc1ccc2c(N3CCC(NC(=O)OCC(C)(C)C)C3)nc(-c3ccccc3C(F)F)nc2c1. The summed E-state index contributed by atoms with van der Waals surface area (Å²) in [6.45, 7) is 9.52. The van der Waals surface area contributed by atoms with Crippen LogP contribution in [0, 0.1) is 12.3 Å². The zero-order valence-corrected chi connectivity index (χ0v) is 19.9. The van der Waals surface area contributed by atoms with Crippen molar-refractivity contribution in [1.82, 2.24) is 15.3 Å². The maximum absolute atomic E-state index is 13.7. The zero-order chi connectivity index (χ0) is 24.5. The number of nitrogens with zero attached hydrogens (tertiary/aromatic N) is 3. The molecular weight excluding hydrogens is 438 g/mol. The minimum atomic E-state index is -2.63. The highest BCUT2D eigenvalue weighted by molar-refractivity contribution is 5.92.